The van der Waals surface area contributed by atoms with Gasteiger partial charge in [-0.05, 0) is 31.6 Å². The first kappa shape index (κ1) is 15.2. The zero-order valence-corrected chi connectivity index (χ0v) is 14.1. The van der Waals surface area contributed by atoms with Crippen LogP contribution >= 0.6 is 0 Å². The van der Waals surface area contributed by atoms with E-state index in [0.29, 0.717) is 18.4 Å². The molecule has 2 aliphatic rings. The van der Waals surface area contributed by atoms with Crippen molar-refractivity contribution in [2.24, 2.45) is 11.8 Å². The standard InChI is InChI=1S/C20H23N3O/c1-15-7-8-17-12-23(13-18(17)11-15)19(24)14-22-10-9-21-20(22)16-5-3-2-4-6-16/h2-7,9-10,17-18H,8,11-14H2,1H3/t17-,18+/m1/s1. The second-order valence-corrected chi connectivity index (χ2v) is 7.05. The highest BCUT2D eigenvalue weighted by Gasteiger charge is 2.36. The summed E-state index contributed by atoms with van der Waals surface area (Å²) in [7, 11) is 0. The van der Waals surface area contributed by atoms with E-state index < -0.39 is 0 Å². The summed E-state index contributed by atoms with van der Waals surface area (Å²) in [6, 6.07) is 10.0. The van der Waals surface area contributed by atoms with E-state index in [1.165, 1.54) is 5.57 Å². The summed E-state index contributed by atoms with van der Waals surface area (Å²) >= 11 is 0. The van der Waals surface area contributed by atoms with Crippen molar-refractivity contribution in [2.45, 2.75) is 26.3 Å². The lowest BCUT2D eigenvalue weighted by Gasteiger charge is -2.21. The number of benzene rings is 1. The van der Waals surface area contributed by atoms with Crippen molar-refractivity contribution in [3.8, 4) is 11.4 Å². The fourth-order valence-corrected chi connectivity index (χ4v) is 4.02. The van der Waals surface area contributed by atoms with Crippen molar-refractivity contribution in [1.82, 2.24) is 14.5 Å². The smallest absolute Gasteiger partial charge is 0.242 e. The normalized spacial score (nSPS) is 23.0. The first-order valence-electron chi connectivity index (χ1n) is 8.70. The minimum atomic E-state index is 0.206. The topological polar surface area (TPSA) is 38.1 Å². The highest BCUT2D eigenvalue weighted by Crippen LogP contribution is 2.35. The number of nitrogens with zero attached hydrogens (tertiary/aromatic N) is 3. The molecule has 0 N–H and O–H groups in total. The number of carbonyl (C=O) groups excluding carboxylic acids is 1. The Morgan fingerprint density at radius 2 is 2.00 bits per heavy atom. The van der Waals surface area contributed by atoms with E-state index in [0.717, 1.165) is 37.3 Å². The molecule has 0 unspecified atom stereocenters. The molecule has 1 aromatic carbocycles. The monoisotopic (exact) mass is 321 g/mol. The second kappa shape index (κ2) is 6.27. The van der Waals surface area contributed by atoms with Crippen molar-refractivity contribution >= 4 is 5.91 Å². The SMILES string of the molecule is CC1=CC[C@@H]2CN(C(=O)Cn3ccnc3-c3ccccc3)C[C@@H]2C1. The fraction of sp³-hybridized carbons (Fsp3) is 0.400. The molecule has 2 heterocycles. The van der Waals surface area contributed by atoms with Crippen LogP contribution in [0.25, 0.3) is 11.4 Å². The van der Waals surface area contributed by atoms with Crippen LogP contribution in [0.1, 0.15) is 19.8 Å². The number of hydrogen-bond donors (Lipinski definition) is 0. The number of rotatable bonds is 3. The van der Waals surface area contributed by atoms with Gasteiger partial charge in [-0.2, -0.15) is 0 Å². The Kier molecular flexibility index (Phi) is 3.97. The largest absolute Gasteiger partial charge is 0.341 e. The Labute approximate surface area is 142 Å². The van der Waals surface area contributed by atoms with E-state index in [4.69, 9.17) is 0 Å². The number of allylic oxidation sites excluding steroid dienone is 2. The van der Waals surface area contributed by atoms with E-state index in [-0.39, 0.29) is 5.91 Å². The predicted octanol–water partition coefficient (Wildman–Crippen LogP) is 3.36. The van der Waals surface area contributed by atoms with E-state index in [2.05, 4.69) is 22.9 Å². The van der Waals surface area contributed by atoms with Gasteiger partial charge >= 0.3 is 0 Å². The molecule has 24 heavy (non-hydrogen) atoms. The molecule has 2 atom stereocenters. The van der Waals surface area contributed by atoms with Crippen LogP contribution in [0.3, 0.4) is 0 Å². The first-order valence-corrected chi connectivity index (χ1v) is 8.70. The molecule has 1 amide bonds. The zero-order valence-electron chi connectivity index (χ0n) is 14.1. The summed E-state index contributed by atoms with van der Waals surface area (Å²) in [5, 5.41) is 0. The molecule has 1 aliphatic heterocycles. The van der Waals surface area contributed by atoms with Crippen LogP contribution in [-0.4, -0.2) is 33.4 Å². The molecule has 0 bridgehead atoms. The van der Waals surface area contributed by atoms with Gasteiger partial charge in [-0.3, -0.25) is 4.79 Å². The van der Waals surface area contributed by atoms with Crippen molar-refractivity contribution in [1.29, 1.82) is 0 Å². The quantitative estimate of drug-likeness (QED) is 0.813. The Hall–Kier alpha value is -2.36. The van der Waals surface area contributed by atoms with Crippen LogP contribution in [0, 0.1) is 11.8 Å². The molecular weight excluding hydrogens is 298 g/mol. The van der Waals surface area contributed by atoms with Crippen LogP contribution in [0.2, 0.25) is 0 Å². The van der Waals surface area contributed by atoms with Gasteiger partial charge in [-0.1, -0.05) is 42.0 Å². The van der Waals surface area contributed by atoms with Gasteiger partial charge in [0.25, 0.3) is 0 Å². The third-order valence-electron chi connectivity index (χ3n) is 5.34. The number of likely N-dealkylation sites (tertiary alicyclic amines) is 1. The van der Waals surface area contributed by atoms with Gasteiger partial charge in [0.15, 0.2) is 0 Å². The number of aromatic nitrogens is 2. The lowest BCUT2D eigenvalue weighted by molar-refractivity contribution is -0.131. The molecule has 1 saturated heterocycles. The van der Waals surface area contributed by atoms with Gasteiger partial charge < -0.3 is 9.47 Å². The van der Waals surface area contributed by atoms with Crippen LogP contribution in [0.15, 0.2) is 54.4 Å². The maximum absolute atomic E-state index is 12.8. The summed E-state index contributed by atoms with van der Waals surface area (Å²) in [6.07, 6.45) is 8.29. The molecule has 124 valence electrons. The summed E-state index contributed by atoms with van der Waals surface area (Å²) in [5.41, 5.74) is 2.52. The van der Waals surface area contributed by atoms with Crippen molar-refractivity contribution in [2.75, 3.05) is 13.1 Å². The molecule has 1 aromatic heterocycles. The van der Waals surface area contributed by atoms with Gasteiger partial charge in [0.2, 0.25) is 5.91 Å². The van der Waals surface area contributed by atoms with Crippen LogP contribution in [-0.2, 0) is 11.3 Å². The summed E-state index contributed by atoms with van der Waals surface area (Å²) < 4.78 is 1.96. The Balaban J connectivity index is 1.46. The third kappa shape index (κ3) is 2.88. The summed E-state index contributed by atoms with van der Waals surface area (Å²) in [6.45, 7) is 4.39. The molecular formula is C20H23N3O. The first-order chi connectivity index (χ1) is 11.7. The lowest BCUT2D eigenvalue weighted by Crippen LogP contribution is -2.32. The maximum Gasteiger partial charge on any atom is 0.242 e. The van der Waals surface area contributed by atoms with Crippen LogP contribution in [0.4, 0.5) is 0 Å². The second-order valence-electron chi connectivity index (χ2n) is 7.05. The van der Waals surface area contributed by atoms with Gasteiger partial charge in [-0.25, -0.2) is 4.98 Å². The van der Waals surface area contributed by atoms with Crippen molar-refractivity contribution < 1.29 is 4.79 Å². The number of carbonyl (C=O) groups is 1. The van der Waals surface area contributed by atoms with Gasteiger partial charge in [0, 0.05) is 31.0 Å². The van der Waals surface area contributed by atoms with E-state index >= 15 is 0 Å². The van der Waals surface area contributed by atoms with Gasteiger partial charge in [0.05, 0.1) is 0 Å². The molecule has 4 rings (SSSR count). The third-order valence-corrected chi connectivity index (χ3v) is 5.34. The minimum Gasteiger partial charge on any atom is -0.341 e. The van der Waals surface area contributed by atoms with Gasteiger partial charge in [-0.15, -0.1) is 0 Å². The van der Waals surface area contributed by atoms with E-state index in [1.807, 2.05) is 41.1 Å². The summed E-state index contributed by atoms with van der Waals surface area (Å²) in [4.78, 5) is 19.3. The van der Waals surface area contributed by atoms with E-state index in [9.17, 15) is 4.79 Å². The molecule has 0 spiro atoms. The molecule has 1 fully saturated rings. The average Bonchev–Trinajstić information content (AvgIpc) is 3.22. The minimum absolute atomic E-state index is 0.206. The Morgan fingerprint density at radius 1 is 1.21 bits per heavy atom. The molecule has 2 aromatic rings. The predicted molar refractivity (Wildman–Crippen MR) is 94.2 cm³/mol. The average molecular weight is 321 g/mol. The van der Waals surface area contributed by atoms with E-state index in [1.54, 1.807) is 6.20 Å². The molecule has 0 radical (unpaired) electrons. The lowest BCUT2D eigenvalue weighted by atomic mass is 9.83. The molecule has 1 aliphatic carbocycles. The number of amides is 1. The number of imidazole rings is 1. The summed E-state index contributed by atoms with van der Waals surface area (Å²) in [5.74, 6) is 2.36. The highest BCUT2D eigenvalue weighted by atomic mass is 16.2. The van der Waals surface area contributed by atoms with Crippen molar-refractivity contribution in [3.05, 3.63) is 54.4 Å². The maximum atomic E-state index is 12.8. The van der Waals surface area contributed by atoms with Crippen LogP contribution < -0.4 is 0 Å². The van der Waals surface area contributed by atoms with Crippen molar-refractivity contribution in [3.63, 3.8) is 0 Å². The Bertz CT molecular complexity index is 762. The number of fused-ring (bicyclic) bond motifs is 1. The van der Waals surface area contributed by atoms with Crippen LogP contribution in [0.5, 0.6) is 0 Å². The highest BCUT2D eigenvalue weighted by molar-refractivity contribution is 5.77. The fourth-order valence-electron chi connectivity index (χ4n) is 4.02. The van der Waals surface area contributed by atoms with Gasteiger partial charge in [0.1, 0.15) is 12.4 Å². The Morgan fingerprint density at radius 3 is 2.83 bits per heavy atom. The molecule has 4 heteroatoms. The number of hydrogen-bond acceptors (Lipinski definition) is 2. The molecule has 4 nitrogen and oxygen atoms in total. The zero-order chi connectivity index (χ0) is 16.5. The molecule has 0 saturated carbocycles.